The fourth-order valence-corrected chi connectivity index (χ4v) is 2.62. The highest BCUT2D eigenvalue weighted by Gasteiger charge is 2.23. The maximum Gasteiger partial charge on any atom is 0.330 e. The van der Waals surface area contributed by atoms with Gasteiger partial charge >= 0.3 is 5.97 Å². The zero-order valence-corrected chi connectivity index (χ0v) is 13.5. The van der Waals surface area contributed by atoms with E-state index in [4.69, 9.17) is 4.74 Å². The van der Waals surface area contributed by atoms with Crippen LogP contribution >= 0.6 is 15.9 Å². The first kappa shape index (κ1) is 15.6. The van der Waals surface area contributed by atoms with Crippen LogP contribution in [0, 0.1) is 0 Å². The predicted octanol–water partition coefficient (Wildman–Crippen LogP) is 2.47. The van der Waals surface area contributed by atoms with Crippen molar-refractivity contribution in [3.8, 4) is 5.75 Å². The number of carbonyl (C=O) groups is 2. The van der Waals surface area contributed by atoms with Crippen molar-refractivity contribution >= 4 is 33.5 Å². The molecule has 6 heteroatoms. The number of rotatable bonds is 4. The summed E-state index contributed by atoms with van der Waals surface area (Å²) in [6.07, 6.45) is 3.72. The molecule has 0 N–H and O–H groups in total. The van der Waals surface area contributed by atoms with Crippen molar-refractivity contribution in [1.82, 2.24) is 0 Å². The Morgan fingerprint density at radius 3 is 2.86 bits per heavy atom. The van der Waals surface area contributed by atoms with Gasteiger partial charge in [0.2, 0.25) is 5.91 Å². The number of carbonyl (C=O) groups excluding carboxylic acids is 2. The van der Waals surface area contributed by atoms with E-state index in [2.05, 4.69) is 20.7 Å². The number of benzene rings is 1. The zero-order chi connectivity index (χ0) is 15.4. The summed E-state index contributed by atoms with van der Waals surface area (Å²) in [5, 5.41) is 0. The minimum atomic E-state index is -0.413. The molecule has 1 aromatic carbocycles. The predicted molar refractivity (Wildman–Crippen MR) is 82.5 cm³/mol. The highest BCUT2D eigenvalue weighted by molar-refractivity contribution is 9.10. The molecule has 1 amide bonds. The second-order valence-electron chi connectivity index (χ2n) is 4.57. The minimum Gasteiger partial charge on any atom is -0.488 e. The minimum absolute atomic E-state index is 0.0373. The Balaban J connectivity index is 2.08. The molecular formula is C15H16BrNO4. The van der Waals surface area contributed by atoms with Crippen molar-refractivity contribution in [2.24, 2.45) is 0 Å². The lowest BCUT2D eigenvalue weighted by molar-refractivity contribution is -0.134. The first-order valence-electron chi connectivity index (χ1n) is 6.50. The molecule has 0 bridgehead atoms. The molecule has 0 aromatic heterocycles. The molecule has 1 heterocycles. The average Bonchev–Trinajstić information content (AvgIpc) is 2.85. The molecule has 0 fully saturated rings. The first-order chi connectivity index (χ1) is 10.0. The molecule has 0 saturated heterocycles. The topological polar surface area (TPSA) is 55.8 Å². The number of ether oxygens (including phenoxy) is 2. The number of anilines is 1. The van der Waals surface area contributed by atoms with Crippen molar-refractivity contribution in [3.05, 3.63) is 34.3 Å². The van der Waals surface area contributed by atoms with Gasteiger partial charge in [0.25, 0.3) is 0 Å². The summed E-state index contributed by atoms with van der Waals surface area (Å²) >= 11 is 3.44. The summed E-state index contributed by atoms with van der Waals surface area (Å²) in [6.45, 7) is 2.52. The highest BCUT2D eigenvalue weighted by Crippen LogP contribution is 2.37. The second kappa shape index (κ2) is 6.76. The van der Waals surface area contributed by atoms with E-state index < -0.39 is 5.97 Å². The standard InChI is InChI=1S/C15H16BrNO4/c1-10(18)17-6-5-11-8-14(12(16)9-13(11)17)21-7-3-4-15(19)20-2/h3-4,8-9H,5-7H2,1-2H3/b4-3+. The van der Waals surface area contributed by atoms with Gasteiger partial charge < -0.3 is 14.4 Å². The van der Waals surface area contributed by atoms with Crippen LogP contribution in [0.2, 0.25) is 0 Å². The maximum absolute atomic E-state index is 11.5. The molecule has 0 atom stereocenters. The van der Waals surface area contributed by atoms with E-state index in [0.717, 1.165) is 22.1 Å². The van der Waals surface area contributed by atoms with Crippen LogP contribution in [-0.2, 0) is 20.7 Å². The fraction of sp³-hybridized carbons (Fsp3) is 0.333. The Kier molecular flexibility index (Phi) is 5.01. The molecular weight excluding hydrogens is 338 g/mol. The van der Waals surface area contributed by atoms with Gasteiger partial charge in [0, 0.05) is 25.2 Å². The van der Waals surface area contributed by atoms with Gasteiger partial charge in [0.15, 0.2) is 0 Å². The number of methoxy groups -OCH3 is 1. The smallest absolute Gasteiger partial charge is 0.330 e. The molecule has 1 aliphatic heterocycles. The van der Waals surface area contributed by atoms with Gasteiger partial charge in [-0.05, 0) is 46.1 Å². The molecule has 112 valence electrons. The van der Waals surface area contributed by atoms with Crippen molar-refractivity contribution in [3.63, 3.8) is 0 Å². The summed E-state index contributed by atoms with van der Waals surface area (Å²) in [5.41, 5.74) is 2.01. The largest absolute Gasteiger partial charge is 0.488 e. The van der Waals surface area contributed by atoms with Gasteiger partial charge in [-0.3, -0.25) is 4.79 Å². The Bertz CT molecular complexity index is 598. The SMILES string of the molecule is COC(=O)/C=C/COc1cc2c(cc1Br)N(C(C)=O)CC2. The fourth-order valence-electron chi connectivity index (χ4n) is 2.18. The number of fused-ring (bicyclic) bond motifs is 1. The summed E-state index contributed by atoms with van der Waals surface area (Å²) in [4.78, 5) is 24.2. The van der Waals surface area contributed by atoms with Crippen LogP contribution in [0.25, 0.3) is 0 Å². The van der Waals surface area contributed by atoms with Crippen LogP contribution in [0.3, 0.4) is 0 Å². The van der Waals surface area contributed by atoms with E-state index >= 15 is 0 Å². The molecule has 21 heavy (non-hydrogen) atoms. The first-order valence-corrected chi connectivity index (χ1v) is 7.30. The number of hydrogen-bond acceptors (Lipinski definition) is 4. The molecule has 1 aliphatic rings. The van der Waals surface area contributed by atoms with Crippen LogP contribution in [0.15, 0.2) is 28.8 Å². The average molecular weight is 354 g/mol. The lowest BCUT2D eigenvalue weighted by Crippen LogP contribution is -2.25. The van der Waals surface area contributed by atoms with Crippen molar-refractivity contribution < 1.29 is 19.1 Å². The molecule has 0 aliphatic carbocycles. The van der Waals surface area contributed by atoms with E-state index in [1.54, 1.807) is 17.9 Å². The van der Waals surface area contributed by atoms with Crippen LogP contribution < -0.4 is 9.64 Å². The number of amides is 1. The molecule has 0 unspecified atom stereocenters. The van der Waals surface area contributed by atoms with E-state index in [1.165, 1.54) is 13.2 Å². The highest BCUT2D eigenvalue weighted by atomic mass is 79.9. The lowest BCUT2D eigenvalue weighted by atomic mass is 10.1. The van der Waals surface area contributed by atoms with Crippen LogP contribution in [-0.4, -0.2) is 32.1 Å². The molecule has 0 radical (unpaired) electrons. The maximum atomic E-state index is 11.5. The third kappa shape index (κ3) is 3.64. The molecule has 2 rings (SSSR count). The van der Waals surface area contributed by atoms with Gasteiger partial charge in [-0.2, -0.15) is 0 Å². The Labute approximate surface area is 131 Å². The van der Waals surface area contributed by atoms with Gasteiger partial charge in [-0.1, -0.05) is 0 Å². The zero-order valence-electron chi connectivity index (χ0n) is 11.9. The van der Waals surface area contributed by atoms with Gasteiger partial charge in [0.05, 0.1) is 11.6 Å². The van der Waals surface area contributed by atoms with Gasteiger partial charge in [-0.25, -0.2) is 4.79 Å². The summed E-state index contributed by atoms with van der Waals surface area (Å²) in [7, 11) is 1.32. The Hall–Kier alpha value is -1.82. The van der Waals surface area contributed by atoms with E-state index in [0.29, 0.717) is 12.3 Å². The molecule has 0 saturated carbocycles. The van der Waals surface area contributed by atoms with Gasteiger partial charge in [0.1, 0.15) is 12.4 Å². The summed E-state index contributed by atoms with van der Waals surface area (Å²) < 4.78 is 10.9. The Morgan fingerprint density at radius 2 is 2.19 bits per heavy atom. The molecule has 1 aromatic rings. The van der Waals surface area contributed by atoms with Crippen LogP contribution in [0.5, 0.6) is 5.75 Å². The van der Waals surface area contributed by atoms with E-state index in [9.17, 15) is 9.59 Å². The number of esters is 1. The van der Waals surface area contributed by atoms with E-state index in [-0.39, 0.29) is 12.5 Å². The summed E-state index contributed by atoms with van der Waals surface area (Å²) in [6, 6.07) is 3.82. The lowest BCUT2D eigenvalue weighted by Gasteiger charge is -2.16. The quantitative estimate of drug-likeness (QED) is 0.616. The molecule has 0 spiro atoms. The van der Waals surface area contributed by atoms with Crippen LogP contribution in [0.1, 0.15) is 12.5 Å². The number of hydrogen-bond donors (Lipinski definition) is 0. The summed E-state index contributed by atoms with van der Waals surface area (Å²) in [5.74, 6) is 0.313. The van der Waals surface area contributed by atoms with Crippen molar-refractivity contribution in [1.29, 1.82) is 0 Å². The molecule has 5 nitrogen and oxygen atoms in total. The Morgan fingerprint density at radius 1 is 1.43 bits per heavy atom. The third-order valence-electron chi connectivity index (χ3n) is 3.20. The van der Waals surface area contributed by atoms with E-state index in [1.807, 2.05) is 12.1 Å². The third-order valence-corrected chi connectivity index (χ3v) is 3.82. The van der Waals surface area contributed by atoms with Crippen molar-refractivity contribution in [2.75, 3.05) is 25.2 Å². The second-order valence-corrected chi connectivity index (χ2v) is 5.42. The van der Waals surface area contributed by atoms with Gasteiger partial charge in [-0.15, -0.1) is 0 Å². The monoisotopic (exact) mass is 353 g/mol. The van der Waals surface area contributed by atoms with Crippen molar-refractivity contribution in [2.45, 2.75) is 13.3 Å². The number of nitrogens with zero attached hydrogens (tertiary/aromatic N) is 1. The normalized spacial score (nSPS) is 13.4. The van der Waals surface area contributed by atoms with Crippen LogP contribution in [0.4, 0.5) is 5.69 Å². The number of halogens is 1.